The molecule has 0 spiro atoms. The highest BCUT2D eigenvalue weighted by Crippen LogP contribution is 2.30. The summed E-state index contributed by atoms with van der Waals surface area (Å²) >= 11 is 12.4. The second-order valence-electron chi connectivity index (χ2n) is 7.82. The number of H-pyrrole nitrogens is 1. The van der Waals surface area contributed by atoms with Crippen molar-refractivity contribution in [1.82, 2.24) is 15.3 Å². The fourth-order valence-corrected chi connectivity index (χ4v) is 4.00. The van der Waals surface area contributed by atoms with Crippen LogP contribution in [0.5, 0.6) is 0 Å². The summed E-state index contributed by atoms with van der Waals surface area (Å²) in [6.45, 7) is 0. The maximum Gasteiger partial charge on any atom is 0.411 e. The van der Waals surface area contributed by atoms with Crippen LogP contribution in [0.2, 0.25) is 10.2 Å². The Kier molecular flexibility index (Phi) is 7.87. The lowest BCUT2D eigenvalue weighted by Gasteiger charge is -2.17. The number of carbonyl (C=O) groups excluding carboxylic acids is 2. The molecule has 0 unspecified atom stereocenters. The van der Waals surface area contributed by atoms with Crippen LogP contribution in [0.15, 0.2) is 72.8 Å². The molecule has 1 aromatic heterocycles. The molecule has 1 atom stereocenters. The van der Waals surface area contributed by atoms with Crippen LogP contribution in [0.4, 0.5) is 14.9 Å². The van der Waals surface area contributed by atoms with Gasteiger partial charge in [0.2, 0.25) is 0 Å². The van der Waals surface area contributed by atoms with Gasteiger partial charge in [-0.25, -0.2) is 14.2 Å². The first-order valence-corrected chi connectivity index (χ1v) is 11.6. The average molecular weight is 527 g/mol. The van der Waals surface area contributed by atoms with Crippen LogP contribution >= 0.6 is 23.2 Å². The molecule has 0 fully saturated rings. The van der Waals surface area contributed by atoms with Gasteiger partial charge in [-0.2, -0.15) is 0 Å². The highest BCUT2D eigenvalue weighted by molar-refractivity contribution is 6.32. The number of amides is 2. The number of carbonyl (C=O) groups is 2. The molecule has 7 nitrogen and oxygen atoms in total. The molecule has 0 aliphatic heterocycles. The predicted molar refractivity (Wildman–Crippen MR) is 137 cm³/mol. The van der Waals surface area contributed by atoms with E-state index in [0.29, 0.717) is 29.2 Å². The summed E-state index contributed by atoms with van der Waals surface area (Å²) < 4.78 is 18.9. The van der Waals surface area contributed by atoms with Crippen LogP contribution in [0, 0.1) is 5.82 Å². The monoisotopic (exact) mass is 526 g/mol. The number of imidazole rings is 1. The largest absolute Gasteiger partial charge is 0.453 e. The minimum Gasteiger partial charge on any atom is -0.453 e. The van der Waals surface area contributed by atoms with Crippen LogP contribution < -0.4 is 10.6 Å². The third-order valence-corrected chi connectivity index (χ3v) is 5.87. The van der Waals surface area contributed by atoms with E-state index in [0.717, 1.165) is 11.6 Å². The number of aromatic amines is 1. The highest BCUT2D eigenvalue weighted by Gasteiger charge is 2.23. The Labute approximate surface area is 216 Å². The minimum absolute atomic E-state index is 0.174. The number of hydrogen-bond acceptors (Lipinski definition) is 4. The molecule has 1 heterocycles. The lowest BCUT2D eigenvalue weighted by molar-refractivity contribution is 0.0930. The van der Waals surface area contributed by atoms with Crippen LogP contribution in [-0.2, 0) is 11.2 Å². The fourth-order valence-electron chi connectivity index (χ4n) is 3.58. The Morgan fingerprint density at radius 3 is 2.47 bits per heavy atom. The SMILES string of the molecule is COC(=O)Nc1ccc(-c2nc([C@H](Cc3ccccc3)NC(=O)c3cc(Cl)ccc3F)[nH]c2Cl)cc1. The van der Waals surface area contributed by atoms with Crippen LogP contribution in [0.1, 0.15) is 27.8 Å². The van der Waals surface area contributed by atoms with E-state index in [9.17, 15) is 14.0 Å². The summed E-state index contributed by atoms with van der Waals surface area (Å²) in [6.07, 6.45) is -0.210. The standard InChI is InChI=1S/C26H21Cl2FN4O3/c1-36-26(35)30-18-10-7-16(8-11-18)22-23(28)33-24(32-22)21(13-15-5-3-2-4-6-15)31-25(34)19-14-17(27)9-12-20(19)29/h2-12,14,21H,13H2,1H3,(H,30,35)(H,31,34)(H,32,33)/t21-/m0/s1. The van der Waals surface area contributed by atoms with Crippen molar-refractivity contribution >= 4 is 40.9 Å². The van der Waals surface area contributed by atoms with Gasteiger partial charge < -0.3 is 15.0 Å². The first-order valence-electron chi connectivity index (χ1n) is 10.8. The Bertz CT molecular complexity index is 1380. The maximum absolute atomic E-state index is 14.3. The lowest BCUT2D eigenvalue weighted by atomic mass is 10.0. The molecule has 36 heavy (non-hydrogen) atoms. The van der Waals surface area contributed by atoms with Gasteiger partial charge in [-0.3, -0.25) is 10.1 Å². The molecule has 4 aromatic rings. The number of halogens is 3. The fraction of sp³-hybridized carbons (Fsp3) is 0.115. The van der Waals surface area contributed by atoms with Gasteiger partial charge >= 0.3 is 6.09 Å². The molecule has 0 radical (unpaired) electrons. The van der Waals surface area contributed by atoms with E-state index in [1.165, 1.54) is 19.2 Å². The summed E-state index contributed by atoms with van der Waals surface area (Å²) in [5.74, 6) is -0.927. The summed E-state index contributed by atoms with van der Waals surface area (Å²) in [7, 11) is 1.28. The number of benzene rings is 3. The molecule has 10 heteroatoms. The zero-order valence-electron chi connectivity index (χ0n) is 19.0. The number of ether oxygens (including phenoxy) is 1. The second kappa shape index (κ2) is 11.2. The zero-order valence-corrected chi connectivity index (χ0v) is 20.5. The number of nitrogens with one attached hydrogen (secondary N) is 3. The van der Waals surface area contributed by atoms with Crippen molar-refractivity contribution in [2.45, 2.75) is 12.5 Å². The van der Waals surface area contributed by atoms with E-state index >= 15 is 0 Å². The van der Waals surface area contributed by atoms with Gasteiger partial charge in [0.05, 0.1) is 18.7 Å². The number of hydrogen-bond donors (Lipinski definition) is 3. The van der Waals surface area contributed by atoms with Gasteiger partial charge in [0.1, 0.15) is 22.5 Å². The van der Waals surface area contributed by atoms with Gasteiger partial charge in [-0.05, 0) is 42.3 Å². The molecule has 184 valence electrons. The van der Waals surface area contributed by atoms with Gasteiger partial charge in [0.25, 0.3) is 5.91 Å². The quantitative estimate of drug-likeness (QED) is 0.259. The molecule has 4 rings (SSSR count). The lowest BCUT2D eigenvalue weighted by Crippen LogP contribution is -2.31. The first-order chi connectivity index (χ1) is 17.3. The van der Waals surface area contributed by atoms with E-state index in [1.54, 1.807) is 24.3 Å². The summed E-state index contributed by atoms with van der Waals surface area (Å²) in [5.41, 5.74) is 2.44. The van der Waals surface area contributed by atoms with E-state index in [-0.39, 0.29) is 15.7 Å². The maximum atomic E-state index is 14.3. The van der Waals surface area contributed by atoms with E-state index in [2.05, 4.69) is 25.3 Å². The van der Waals surface area contributed by atoms with Crippen molar-refractivity contribution < 1.29 is 18.7 Å². The number of aromatic nitrogens is 2. The molecule has 0 bridgehead atoms. The number of nitrogens with zero attached hydrogens (tertiary/aromatic N) is 1. The van der Waals surface area contributed by atoms with E-state index in [4.69, 9.17) is 23.2 Å². The van der Waals surface area contributed by atoms with Crippen molar-refractivity contribution in [2.24, 2.45) is 0 Å². The summed E-state index contributed by atoms with van der Waals surface area (Å²) in [6, 6.07) is 19.5. The predicted octanol–water partition coefficient (Wildman–Crippen LogP) is 6.41. The highest BCUT2D eigenvalue weighted by atomic mass is 35.5. The molecule has 0 aliphatic carbocycles. The number of rotatable bonds is 7. The molecule has 3 N–H and O–H groups in total. The molecule has 0 saturated heterocycles. The topological polar surface area (TPSA) is 96.1 Å². The van der Waals surface area contributed by atoms with Gasteiger partial charge in [0.15, 0.2) is 0 Å². The Hall–Kier alpha value is -3.88. The van der Waals surface area contributed by atoms with E-state index < -0.39 is 23.9 Å². The van der Waals surface area contributed by atoms with E-state index in [1.807, 2.05) is 30.3 Å². The summed E-state index contributed by atoms with van der Waals surface area (Å²) in [4.78, 5) is 32.1. The minimum atomic E-state index is -0.686. The third kappa shape index (κ3) is 6.02. The molecule has 2 amide bonds. The van der Waals surface area contributed by atoms with Crippen molar-refractivity contribution in [1.29, 1.82) is 0 Å². The van der Waals surface area contributed by atoms with Crippen molar-refractivity contribution in [3.63, 3.8) is 0 Å². The van der Waals surface area contributed by atoms with Gasteiger partial charge in [0, 0.05) is 16.3 Å². The smallest absolute Gasteiger partial charge is 0.411 e. The molecular formula is C26H21Cl2FN4O3. The van der Waals surface area contributed by atoms with Gasteiger partial charge in [-0.1, -0.05) is 65.7 Å². The molecule has 0 aliphatic rings. The van der Waals surface area contributed by atoms with Crippen molar-refractivity contribution in [3.05, 3.63) is 106 Å². The molecule has 0 saturated carbocycles. The molecule has 3 aromatic carbocycles. The van der Waals surface area contributed by atoms with Crippen molar-refractivity contribution in [3.8, 4) is 11.3 Å². The van der Waals surface area contributed by atoms with Gasteiger partial charge in [-0.15, -0.1) is 0 Å². The Balaban J connectivity index is 1.63. The Morgan fingerprint density at radius 1 is 1.06 bits per heavy atom. The Morgan fingerprint density at radius 2 is 1.78 bits per heavy atom. The van der Waals surface area contributed by atoms with Crippen LogP contribution in [0.25, 0.3) is 11.3 Å². The second-order valence-corrected chi connectivity index (χ2v) is 8.63. The normalized spacial score (nSPS) is 11.6. The van der Waals surface area contributed by atoms with Crippen molar-refractivity contribution in [2.75, 3.05) is 12.4 Å². The third-order valence-electron chi connectivity index (χ3n) is 5.36. The molecular weight excluding hydrogens is 506 g/mol. The van der Waals surface area contributed by atoms with Crippen LogP contribution in [0.3, 0.4) is 0 Å². The average Bonchev–Trinajstić information content (AvgIpc) is 3.27. The summed E-state index contributed by atoms with van der Waals surface area (Å²) in [5, 5.41) is 5.92. The zero-order chi connectivity index (χ0) is 25.7. The first kappa shape index (κ1) is 25.2. The van der Waals surface area contributed by atoms with Crippen LogP contribution in [-0.4, -0.2) is 29.1 Å². The number of methoxy groups -OCH3 is 1. The number of anilines is 1.